The maximum atomic E-state index is 12.6. The average molecular weight is 270 g/mol. The summed E-state index contributed by atoms with van der Waals surface area (Å²) < 4.78 is 15.6. The van der Waals surface area contributed by atoms with Gasteiger partial charge in [0.25, 0.3) is 6.65 Å². The predicted molar refractivity (Wildman–Crippen MR) is 70.3 cm³/mol. The van der Waals surface area contributed by atoms with Crippen LogP contribution in [0.25, 0.3) is 0 Å². The molecule has 0 bridgehead atoms. The topological polar surface area (TPSA) is 40.6 Å². The van der Waals surface area contributed by atoms with Gasteiger partial charge in [0.2, 0.25) is 6.41 Å². The van der Waals surface area contributed by atoms with E-state index < -0.39 is 6.65 Å². The molecule has 1 unspecified atom stereocenters. The molecule has 4 nitrogen and oxygen atoms in total. The Bertz CT molecular complexity index is 251. The molecule has 0 heterocycles. The fraction of sp³-hybridized carbons (Fsp3) is 0.875. The van der Waals surface area contributed by atoms with Crippen molar-refractivity contribution in [2.45, 2.75) is 19.1 Å². The van der Waals surface area contributed by atoms with Gasteiger partial charge in [-0.3, -0.25) is 14.0 Å². The van der Waals surface area contributed by atoms with E-state index >= 15 is 0 Å². The molecule has 90 valence electrons. The van der Waals surface area contributed by atoms with Gasteiger partial charge < -0.3 is 0 Å². The van der Waals surface area contributed by atoms with E-state index in [1.54, 1.807) is 30.5 Å². The molecule has 0 radical (unpaired) electrons. The summed E-state index contributed by atoms with van der Waals surface area (Å²) in [7, 11) is 3.35. The molecule has 0 aliphatic rings. The number of carbonyl (C=O) groups excluding carboxylic acids is 1. The Hall–Kier alpha value is 0.360. The highest BCUT2D eigenvalue weighted by atomic mass is 32.7. The minimum atomic E-state index is -2.78. The van der Waals surface area contributed by atoms with Gasteiger partial charge in [-0.2, -0.15) is 0 Å². The highest BCUT2D eigenvalue weighted by Crippen LogP contribution is 2.63. The summed E-state index contributed by atoms with van der Waals surface area (Å²) in [5.41, 5.74) is 0. The monoisotopic (exact) mass is 270 g/mol. The number of amides is 1. The van der Waals surface area contributed by atoms with Crippen LogP contribution in [0.1, 0.15) is 13.8 Å². The van der Waals surface area contributed by atoms with Gasteiger partial charge >= 0.3 is 0 Å². The summed E-state index contributed by atoms with van der Waals surface area (Å²) in [5.74, 6) is 0.648. The number of hydrogen-bond donors (Lipinski definition) is 0. The fourth-order valence-electron chi connectivity index (χ4n) is 0.990. The second-order valence-electron chi connectivity index (χ2n) is 3.40. The Balaban J connectivity index is 4.84. The zero-order chi connectivity index (χ0) is 12.1. The third-order valence-corrected chi connectivity index (χ3v) is 8.77. The van der Waals surface area contributed by atoms with Crippen LogP contribution in [0.3, 0.4) is 0 Å². The lowest BCUT2D eigenvalue weighted by Crippen LogP contribution is -2.24. The molecule has 0 N–H and O–H groups in total. The normalized spacial score (nSPS) is 15.4. The summed E-state index contributed by atoms with van der Waals surface area (Å²) >= 11 is 2.93. The first-order chi connectivity index (χ1) is 6.88. The molecule has 1 amide bonds. The van der Waals surface area contributed by atoms with Crippen molar-refractivity contribution in [1.82, 2.24) is 9.34 Å². The Labute approximate surface area is 100 Å². The van der Waals surface area contributed by atoms with Gasteiger partial charge in [-0.25, -0.2) is 4.67 Å². The van der Waals surface area contributed by atoms with Crippen LogP contribution in [0, 0.1) is 0 Å². The smallest absolute Gasteiger partial charge is 0.279 e. The number of thioether (sulfide) groups is 1. The molecule has 0 saturated heterocycles. The maximum Gasteiger partial charge on any atom is 0.297 e. The minimum Gasteiger partial charge on any atom is -0.279 e. The third kappa shape index (κ3) is 4.39. The first-order valence-corrected chi connectivity index (χ1v) is 9.05. The van der Waals surface area contributed by atoms with Crippen molar-refractivity contribution in [3.05, 3.63) is 0 Å². The molecule has 0 saturated carbocycles. The van der Waals surface area contributed by atoms with Gasteiger partial charge in [0.05, 0.1) is 5.88 Å². The molecular weight excluding hydrogens is 251 g/mol. The van der Waals surface area contributed by atoms with E-state index in [0.717, 1.165) is 0 Å². The SMILES string of the molecule is CSCN(C)P(=O)(SC(C)C)N(C)C=O. The van der Waals surface area contributed by atoms with Crippen LogP contribution in [0.5, 0.6) is 0 Å². The molecule has 0 aromatic rings. The van der Waals surface area contributed by atoms with Crippen LogP contribution in [0.4, 0.5) is 0 Å². The zero-order valence-electron chi connectivity index (χ0n) is 9.84. The van der Waals surface area contributed by atoms with Crippen molar-refractivity contribution in [1.29, 1.82) is 0 Å². The van der Waals surface area contributed by atoms with E-state index in [1.165, 1.54) is 16.1 Å². The predicted octanol–water partition coefficient (Wildman–Crippen LogP) is 2.58. The van der Waals surface area contributed by atoms with E-state index in [4.69, 9.17) is 0 Å². The molecule has 7 heteroatoms. The van der Waals surface area contributed by atoms with Crippen LogP contribution in [0.15, 0.2) is 0 Å². The second-order valence-corrected chi connectivity index (χ2v) is 9.74. The van der Waals surface area contributed by atoms with Crippen molar-refractivity contribution in [3.8, 4) is 0 Å². The van der Waals surface area contributed by atoms with Gasteiger partial charge in [-0.05, 0) is 13.3 Å². The Morgan fingerprint density at radius 3 is 2.27 bits per heavy atom. The molecule has 0 aromatic carbocycles. The lowest BCUT2D eigenvalue weighted by atomic mass is 10.6. The largest absolute Gasteiger partial charge is 0.297 e. The summed E-state index contributed by atoms with van der Waals surface area (Å²) in [6, 6.07) is 0. The molecule has 0 aliphatic heterocycles. The van der Waals surface area contributed by atoms with Gasteiger partial charge in [0, 0.05) is 12.3 Å². The molecule has 0 aliphatic carbocycles. The number of hydrogen-bond acceptors (Lipinski definition) is 4. The lowest BCUT2D eigenvalue weighted by molar-refractivity contribution is -0.113. The van der Waals surface area contributed by atoms with Gasteiger partial charge in [-0.15, -0.1) is 11.8 Å². The Morgan fingerprint density at radius 2 is 1.93 bits per heavy atom. The van der Waals surface area contributed by atoms with Crippen molar-refractivity contribution in [2.75, 3.05) is 26.2 Å². The molecule has 0 rings (SSSR count). The van der Waals surface area contributed by atoms with E-state index in [9.17, 15) is 9.36 Å². The summed E-state index contributed by atoms with van der Waals surface area (Å²) in [5, 5.41) is 0.225. The number of rotatable bonds is 7. The maximum absolute atomic E-state index is 12.6. The van der Waals surface area contributed by atoms with Crippen LogP contribution < -0.4 is 0 Å². The zero-order valence-corrected chi connectivity index (χ0v) is 12.4. The molecule has 0 spiro atoms. The van der Waals surface area contributed by atoms with Crippen molar-refractivity contribution >= 4 is 36.2 Å². The summed E-state index contributed by atoms with van der Waals surface area (Å²) in [4.78, 5) is 10.7. The molecule has 0 aromatic heterocycles. The fourth-order valence-corrected chi connectivity index (χ4v) is 6.87. The summed E-state index contributed by atoms with van der Waals surface area (Å²) in [6.45, 7) is 1.17. The van der Waals surface area contributed by atoms with E-state index in [1.807, 2.05) is 20.1 Å². The Morgan fingerprint density at radius 1 is 1.40 bits per heavy atom. The number of nitrogens with zero attached hydrogens (tertiary/aromatic N) is 2. The quantitative estimate of drug-likeness (QED) is 0.404. The average Bonchev–Trinajstić information content (AvgIpc) is 2.15. The van der Waals surface area contributed by atoms with Gasteiger partial charge in [-0.1, -0.05) is 25.2 Å². The standard InChI is InChI=1S/C8H19N2O2PS2/c1-8(2)15-13(12,9(3)6-11)10(4)7-14-5/h6,8H,7H2,1-5H3. The lowest BCUT2D eigenvalue weighted by Gasteiger charge is -2.32. The van der Waals surface area contributed by atoms with E-state index in [0.29, 0.717) is 12.3 Å². The van der Waals surface area contributed by atoms with E-state index in [2.05, 4.69) is 0 Å². The second kappa shape index (κ2) is 6.84. The minimum absolute atomic E-state index is 0.225. The highest BCUT2D eigenvalue weighted by Gasteiger charge is 2.33. The Kier molecular flexibility index (Phi) is 7.00. The third-order valence-electron chi connectivity index (χ3n) is 1.65. The highest BCUT2D eigenvalue weighted by molar-refractivity contribution is 8.57. The van der Waals surface area contributed by atoms with Crippen molar-refractivity contribution in [3.63, 3.8) is 0 Å². The molecule has 0 fully saturated rings. The van der Waals surface area contributed by atoms with Crippen LogP contribution in [-0.2, 0) is 9.36 Å². The molecular formula is C8H19N2O2PS2. The van der Waals surface area contributed by atoms with Crippen LogP contribution >= 0.6 is 29.8 Å². The summed E-state index contributed by atoms with van der Waals surface area (Å²) in [6.07, 6.45) is 2.58. The number of carbonyl (C=O) groups is 1. The van der Waals surface area contributed by atoms with Crippen LogP contribution in [-0.4, -0.2) is 47.2 Å². The van der Waals surface area contributed by atoms with Crippen molar-refractivity contribution in [2.24, 2.45) is 0 Å². The van der Waals surface area contributed by atoms with Crippen molar-refractivity contribution < 1.29 is 9.36 Å². The van der Waals surface area contributed by atoms with Gasteiger partial charge in [0.15, 0.2) is 0 Å². The first-order valence-electron chi connectivity index (χ1n) is 4.56. The van der Waals surface area contributed by atoms with Crippen LogP contribution in [0.2, 0.25) is 0 Å². The van der Waals surface area contributed by atoms with E-state index in [-0.39, 0.29) is 5.25 Å². The molecule has 1 atom stereocenters. The van der Waals surface area contributed by atoms with Gasteiger partial charge in [0.1, 0.15) is 0 Å². The molecule has 15 heavy (non-hydrogen) atoms. The first kappa shape index (κ1) is 15.4.